The average Bonchev–Trinajstić information content (AvgIpc) is 3.46. The van der Waals surface area contributed by atoms with E-state index in [1.165, 1.54) is 13.0 Å². The van der Waals surface area contributed by atoms with Crippen molar-refractivity contribution in [1.82, 2.24) is 25.0 Å². The summed E-state index contributed by atoms with van der Waals surface area (Å²) < 4.78 is 25.4. The van der Waals surface area contributed by atoms with Crippen molar-refractivity contribution in [3.05, 3.63) is 57.8 Å². The lowest BCUT2D eigenvalue weighted by atomic mass is 9.97. The number of carbonyl (C=O) groups excluding carboxylic acids is 1. The van der Waals surface area contributed by atoms with Crippen molar-refractivity contribution in [2.75, 3.05) is 37.6 Å². The molecule has 0 bridgehead atoms. The van der Waals surface area contributed by atoms with E-state index in [4.69, 9.17) is 32.4 Å². The number of pyridine rings is 1. The number of ether oxygens (including phenoxy) is 1. The lowest BCUT2D eigenvalue weighted by molar-refractivity contribution is -0.156. The fourth-order valence-electron chi connectivity index (χ4n) is 5.97. The predicted octanol–water partition coefficient (Wildman–Crippen LogP) is 5.94. The van der Waals surface area contributed by atoms with Gasteiger partial charge in [0, 0.05) is 62.0 Å². The lowest BCUT2D eigenvalue weighted by Gasteiger charge is -2.47. The van der Waals surface area contributed by atoms with Gasteiger partial charge < -0.3 is 14.1 Å². The van der Waals surface area contributed by atoms with Gasteiger partial charge in [0.2, 0.25) is 5.89 Å². The Labute approximate surface area is 255 Å². The highest BCUT2D eigenvalue weighted by Crippen LogP contribution is 2.33. The molecule has 0 saturated carbocycles. The van der Waals surface area contributed by atoms with Crippen LogP contribution in [0.15, 0.2) is 34.9 Å². The standard InChI is InChI=1S/C30H37Cl2FN6O3/c1-5-23-18-38(12-13-39(23)24-8-10-37(11-9-24)17-20-6-7-22(31)15-26(20)33)27-25(32)14-21(16-34-27)28-35-36-29(41-28)30(3,4)42-19(2)40/h6-7,14-16,23-24H,5,8-13,17-18H2,1-4H3/t23-/m0/s1. The Morgan fingerprint density at radius 3 is 2.57 bits per heavy atom. The predicted molar refractivity (Wildman–Crippen MR) is 160 cm³/mol. The molecule has 4 heterocycles. The summed E-state index contributed by atoms with van der Waals surface area (Å²) in [5.41, 5.74) is 0.240. The van der Waals surface area contributed by atoms with Crippen molar-refractivity contribution in [2.45, 2.75) is 71.2 Å². The zero-order valence-corrected chi connectivity index (χ0v) is 26.0. The Bertz CT molecular complexity index is 1410. The van der Waals surface area contributed by atoms with Crippen LogP contribution in [-0.2, 0) is 21.7 Å². The second-order valence-corrected chi connectivity index (χ2v) is 12.4. The number of nitrogens with zero attached hydrogens (tertiary/aromatic N) is 6. The van der Waals surface area contributed by atoms with Crippen molar-refractivity contribution in [3.8, 4) is 11.5 Å². The number of carbonyl (C=O) groups is 1. The second-order valence-electron chi connectivity index (χ2n) is 11.5. The first-order valence-electron chi connectivity index (χ1n) is 14.4. The number of benzene rings is 1. The first kappa shape index (κ1) is 30.7. The molecule has 2 fully saturated rings. The van der Waals surface area contributed by atoms with Gasteiger partial charge >= 0.3 is 5.97 Å². The van der Waals surface area contributed by atoms with Gasteiger partial charge in [-0.2, -0.15) is 0 Å². The SMILES string of the molecule is CC[C@H]1CN(c2ncc(-c3nnc(C(C)(C)OC(C)=O)o3)cc2Cl)CCN1C1CCN(Cc2ccc(Cl)cc2F)CC1. The van der Waals surface area contributed by atoms with E-state index >= 15 is 0 Å². The number of hydrogen-bond acceptors (Lipinski definition) is 9. The van der Waals surface area contributed by atoms with Crippen LogP contribution in [0.4, 0.5) is 10.2 Å². The zero-order valence-electron chi connectivity index (χ0n) is 24.4. The van der Waals surface area contributed by atoms with Crippen LogP contribution in [0.2, 0.25) is 10.0 Å². The Hall–Kier alpha value is -2.79. The molecule has 0 N–H and O–H groups in total. The van der Waals surface area contributed by atoms with Crippen LogP contribution in [0.3, 0.4) is 0 Å². The highest BCUT2D eigenvalue weighted by atomic mass is 35.5. The summed E-state index contributed by atoms with van der Waals surface area (Å²) in [6.07, 6.45) is 4.81. The normalized spacial score (nSPS) is 19.3. The van der Waals surface area contributed by atoms with Crippen LogP contribution < -0.4 is 4.90 Å². The molecule has 0 unspecified atom stereocenters. The van der Waals surface area contributed by atoms with Crippen LogP contribution >= 0.6 is 23.2 Å². The van der Waals surface area contributed by atoms with E-state index in [1.54, 1.807) is 38.2 Å². The number of rotatable bonds is 8. The monoisotopic (exact) mass is 618 g/mol. The van der Waals surface area contributed by atoms with Gasteiger partial charge in [-0.3, -0.25) is 14.6 Å². The second kappa shape index (κ2) is 12.8. The number of hydrogen-bond donors (Lipinski definition) is 0. The van der Waals surface area contributed by atoms with Crippen LogP contribution in [-0.4, -0.2) is 75.8 Å². The van der Waals surface area contributed by atoms with E-state index in [0.717, 1.165) is 57.8 Å². The van der Waals surface area contributed by atoms with Crippen molar-refractivity contribution >= 4 is 35.0 Å². The molecule has 5 rings (SSSR count). The molecule has 1 aromatic carbocycles. The largest absolute Gasteiger partial charge is 0.450 e. The molecule has 0 spiro atoms. The maximum atomic E-state index is 14.3. The fourth-order valence-corrected chi connectivity index (χ4v) is 6.42. The highest BCUT2D eigenvalue weighted by Gasteiger charge is 2.35. The molecular weight excluding hydrogens is 582 g/mol. The summed E-state index contributed by atoms with van der Waals surface area (Å²) in [5.74, 6) is 0.511. The molecule has 0 amide bonds. The van der Waals surface area contributed by atoms with E-state index in [0.29, 0.717) is 39.8 Å². The van der Waals surface area contributed by atoms with Crippen molar-refractivity contribution in [2.24, 2.45) is 0 Å². The van der Waals surface area contributed by atoms with Gasteiger partial charge in [0.1, 0.15) is 11.6 Å². The first-order chi connectivity index (χ1) is 20.0. The minimum Gasteiger partial charge on any atom is -0.450 e. The molecule has 0 aliphatic carbocycles. The summed E-state index contributed by atoms with van der Waals surface area (Å²) in [7, 11) is 0. The molecule has 2 aliphatic heterocycles. The molecule has 9 nitrogen and oxygen atoms in total. The maximum Gasteiger partial charge on any atom is 0.303 e. The number of likely N-dealkylation sites (tertiary alicyclic amines) is 1. The fraction of sp³-hybridized carbons (Fsp3) is 0.533. The summed E-state index contributed by atoms with van der Waals surface area (Å²) in [5, 5.41) is 9.11. The van der Waals surface area contributed by atoms with E-state index in [-0.39, 0.29) is 17.6 Å². The first-order valence-corrected chi connectivity index (χ1v) is 15.2. The number of piperazine rings is 1. The molecule has 12 heteroatoms. The molecule has 0 radical (unpaired) electrons. The third-order valence-electron chi connectivity index (χ3n) is 8.14. The smallest absolute Gasteiger partial charge is 0.303 e. The molecule has 3 aromatic rings. The van der Waals surface area contributed by atoms with E-state index in [1.807, 2.05) is 0 Å². The third kappa shape index (κ3) is 6.88. The topological polar surface area (TPSA) is 87.8 Å². The molecule has 226 valence electrons. The van der Waals surface area contributed by atoms with Crippen LogP contribution in [0.5, 0.6) is 0 Å². The Morgan fingerprint density at radius 1 is 1.14 bits per heavy atom. The number of anilines is 1. The maximum absolute atomic E-state index is 14.3. The summed E-state index contributed by atoms with van der Waals surface area (Å²) >= 11 is 12.7. The number of esters is 1. The lowest BCUT2D eigenvalue weighted by Crippen LogP contribution is -2.58. The van der Waals surface area contributed by atoms with Crippen molar-refractivity contribution in [3.63, 3.8) is 0 Å². The quantitative estimate of drug-likeness (QED) is 0.284. The molecule has 42 heavy (non-hydrogen) atoms. The molecule has 1 atom stereocenters. The van der Waals surface area contributed by atoms with E-state index in [2.05, 4.69) is 36.8 Å². The van der Waals surface area contributed by atoms with Crippen molar-refractivity contribution < 1.29 is 18.3 Å². The van der Waals surface area contributed by atoms with Gasteiger partial charge in [-0.25, -0.2) is 9.37 Å². The van der Waals surface area contributed by atoms with Crippen LogP contribution in [0.25, 0.3) is 11.5 Å². The van der Waals surface area contributed by atoms with Crippen LogP contribution in [0.1, 0.15) is 58.4 Å². The van der Waals surface area contributed by atoms with Gasteiger partial charge in [0.15, 0.2) is 5.60 Å². The number of piperidine rings is 1. The van der Waals surface area contributed by atoms with Gasteiger partial charge in [-0.05, 0) is 64.4 Å². The molecular formula is C30H37Cl2FN6O3. The summed E-state index contributed by atoms with van der Waals surface area (Å²) in [6, 6.07) is 7.59. The molecule has 2 aliphatic rings. The number of aromatic nitrogens is 3. The van der Waals surface area contributed by atoms with Crippen LogP contribution in [0, 0.1) is 5.82 Å². The Balaban J connectivity index is 1.19. The number of halogens is 3. The minimum atomic E-state index is -1.05. The minimum absolute atomic E-state index is 0.192. The zero-order chi connectivity index (χ0) is 30.0. The third-order valence-corrected chi connectivity index (χ3v) is 8.66. The highest BCUT2D eigenvalue weighted by molar-refractivity contribution is 6.33. The van der Waals surface area contributed by atoms with Gasteiger partial charge in [0.05, 0.1) is 10.6 Å². The van der Waals surface area contributed by atoms with E-state index in [9.17, 15) is 9.18 Å². The Morgan fingerprint density at radius 2 is 1.90 bits per heavy atom. The Kier molecular flexibility index (Phi) is 9.37. The molecule has 2 saturated heterocycles. The van der Waals surface area contributed by atoms with E-state index < -0.39 is 11.6 Å². The summed E-state index contributed by atoms with van der Waals surface area (Å²) in [6.45, 7) is 12.0. The van der Waals surface area contributed by atoms with Crippen molar-refractivity contribution in [1.29, 1.82) is 0 Å². The average molecular weight is 620 g/mol. The van der Waals surface area contributed by atoms with Gasteiger partial charge in [-0.1, -0.05) is 36.2 Å². The van der Waals surface area contributed by atoms with Gasteiger partial charge in [-0.15, -0.1) is 10.2 Å². The van der Waals surface area contributed by atoms with Gasteiger partial charge in [0.25, 0.3) is 5.89 Å². The summed E-state index contributed by atoms with van der Waals surface area (Å²) in [4.78, 5) is 23.3. The molecule has 2 aromatic heterocycles.